The Hall–Kier alpha value is -1.93. The molecule has 0 saturated heterocycles. The summed E-state index contributed by atoms with van der Waals surface area (Å²) >= 11 is 5.69. The molecule has 1 N–H and O–H groups in total. The van der Waals surface area contributed by atoms with Crippen molar-refractivity contribution in [3.05, 3.63) is 29.1 Å². The summed E-state index contributed by atoms with van der Waals surface area (Å²) in [7, 11) is 2.88. The molecule has 21 heavy (non-hydrogen) atoms. The van der Waals surface area contributed by atoms with Crippen LogP contribution in [-0.4, -0.2) is 42.8 Å². The summed E-state index contributed by atoms with van der Waals surface area (Å²) in [5.41, 5.74) is 3.54. The van der Waals surface area contributed by atoms with Gasteiger partial charge in [0, 0.05) is 19.3 Å². The Morgan fingerprint density at radius 1 is 1.57 bits per heavy atom. The SMILES string of the molecule is COC(=O)C1C=C(c2cnc(Cl)cc2OC(F)F)N(C)N1. The fraction of sp³-hybridized carbons (Fsp3) is 0.333. The quantitative estimate of drug-likeness (QED) is 0.673. The van der Waals surface area contributed by atoms with Gasteiger partial charge in [0.2, 0.25) is 0 Å². The van der Waals surface area contributed by atoms with Crippen LogP contribution in [0.5, 0.6) is 5.75 Å². The molecule has 0 radical (unpaired) electrons. The molecule has 2 rings (SSSR count). The van der Waals surface area contributed by atoms with Gasteiger partial charge in [0.1, 0.15) is 16.9 Å². The van der Waals surface area contributed by atoms with Crippen molar-refractivity contribution in [3.8, 4) is 5.75 Å². The van der Waals surface area contributed by atoms with Gasteiger partial charge in [-0.3, -0.25) is 0 Å². The van der Waals surface area contributed by atoms with Gasteiger partial charge in [-0.2, -0.15) is 8.78 Å². The number of hydrogen-bond donors (Lipinski definition) is 1. The van der Waals surface area contributed by atoms with Gasteiger partial charge in [0.15, 0.2) is 0 Å². The standard InChI is InChI=1S/C12H12ClF2N3O3/c1-18-8(3-7(17-18)11(19)20-2)6-5-16-10(13)4-9(6)21-12(14)15/h3-5,7,12,17H,1-2H3. The number of carbonyl (C=O) groups is 1. The highest BCUT2D eigenvalue weighted by molar-refractivity contribution is 6.29. The second-order valence-electron chi connectivity index (χ2n) is 4.12. The maximum atomic E-state index is 12.5. The highest BCUT2D eigenvalue weighted by Crippen LogP contribution is 2.32. The molecule has 0 spiro atoms. The fourth-order valence-corrected chi connectivity index (χ4v) is 2.05. The molecule has 9 heteroatoms. The first kappa shape index (κ1) is 15.5. The van der Waals surface area contributed by atoms with Gasteiger partial charge < -0.3 is 14.5 Å². The van der Waals surface area contributed by atoms with E-state index in [1.165, 1.54) is 30.5 Å². The summed E-state index contributed by atoms with van der Waals surface area (Å²) in [4.78, 5) is 15.4. The normalized spacial score (nSPS) is 17.9. The van der Waals surface area contributed by atoms with Crippen LogP contribution in [-0.2, 0) is 9.53 Å². The van der Waals surface area contributed by atoms with Crippen LogP contribution >= 0.6 is 11.6 Å². The smallest absolute Gasteiger partial charge is 0.387 e. The number of nitrogens with zero attached hydrogens (tertiary/aromatic N) is 2. The maximum absolute atomic E-state index is 12.5. The van der Waals surface area contributed by atoms with Crippen molar-refractivity contribution in [1.82, 2.24) is 15.4 Å². The van der Waals surface area contributed by atoms with Crippen LogP contribution in [0.25, 0.3) is 5.70 Å². The molecule has 0 bridgehead atoms. The molecule has 6 nitrogen and oxygen atoms in total. The highest BCUT2D eigenvalue weighted by Gasteiger charge is 2.29. The first-order chi connectivity index (χ1) is 9.92. The zero-order valence-electron chi connectivity index (χ0n) is 11.1. The number of carbonyl (C=O) groups excluding carboxylic acids is 1. The lowest BCUT2D eigenvalue weighted by Gasteiger charge is -2.19. The average Bonchev–Trinajstić information content (AvgIpc) is 2.79. The minimum absolute atomic E-state index is 0.0214. The molecule has 114 valence electrons. The lowest BCUT2D eigenvalue weighted by molar-refractivity contribution is -0.142. The largest absolute Gasteiger partial charge is 0.468 e. The molecule has 0 amide bonds. The molecule has 0 saturated carbocycles. The maximum Gasteiger partial charge on any atom is 0.387 e. The van der Waals surface area contributed by atoms with E-state index in [1.807, 2.05) is 0 Å². The van der Waals surface area contributed by atoms with Crippen LogP contribution in [0.2, 0.25) is 5.15 Å². The van der Waals surface area contributed by atoms with E-state index in [1.54, 1.807) is 7.05 Å². The predicted molar refractivity (Wildman–Crippen MR) is 70.6 cm³/mol. The molecule has 0 aliphatic carbocycles. The number of hydrazine groups is 1. The second-order valence-corrected chi connectivity index (χ2v) is 4.51. The molecule has 1 aromatic rings. The Bertz CT molecular complexity index is 583. The molecule has 0 fully saturated rings. The summed E-state index contributed by atoms with van der Waals surface area (Å²) in [5, 5.41) is 1.51. The Balaban J connectivity index is 2.38. The van der Waals surface area contributed by atoms with Crippen molar-refractivity contribution in [2.45, 2.75) is 12.7 Å². The molecule has 1 aliphatic rings. The van der Waals surface area contributed by atoms with Crippen molar-refractivity contribution in [1.29, 1.82) is 0 Å². The van der Waals surface area contributed by atoms with E-state index in [0.717, 1.165) is 0 Å². The lowest BCUT2D eigenvalue weighted by atomic mass is 10.1. The van der Waals surface area contributed by atoms with E-state index >= 15 is 0 Å². The average molecular weight is 320 g/mol. The summed E-state index contributed by atoms with van der Waals surface area (Å²) in [5.74, 6) is -0.634. The molecule has 1 atom stereocenters. The number of alkyl halides is 2. The fourth-order valence-electron chi connectivity index (χ4n) is 1.90. The van der Waals surface area contributed by atoms with Gasteiger partial charge in [-0.1, -0.05) is 11.6 Å². The van der Waals surface area contributed by atoms with Crippen LogP contribution in [0, 0.1) is 0 Å². The molecule has 1 unspecified atom stereocenters. The number of halogens is 3. The van der Waals surface area contributed by atoms with E-state index in [4.69, 9.17) is 11.6 Å². The molecular formula is C12H12ClF2N3O3. The van der Waals surface area contributed by atoms with E-state index in [9.17, 15) is 13.6 Å². The van der Waals surface area contributed by atoms with Crippen LogP contribution in [0.4, 0.5) is 8.78 Å². The van der Waals surface area contributed by atoms with E-state index < -0.39 is 18.6 Å². The van der Waals surface area contributed by atoms with Gasteiger partial charge in [-0.25, -0.2) is 15.2 Å². The van der Waals surface area contributed by atoms with Crippen LogP contribution in [0.3, 0.4) is 0 Å². The predicted octanol–water partition coefficient (Wildman–Crippen LogP) is 1.67. The van der Waals surface area contributed by atoms with Gasteiger partial charge in [0.05, 0.1) is 18.4 Å². The third-order valence-corrected chi connectivity index (χ3v) is 3.01. The number of esters is 1. The molecule has 0 aromatic carbocycles. The van der Waals surface area contributed by atoms with E-state index in [-0.39, 0.29) is 16.5 Å². The number of methoxy groups -OCH3 is 1. The van der Waals surface area contributed by atoms with Crippen molar-refractivity contribution in [2.24, 2.45) is 0 Å². The van der Waals surface area contributed by atoms with E-state index in [2.05, 4.69) is 19.9 Å². The Morgan fingerprint density at radius 2 is 2.29 bits per heavy atom. The third-order valence-electron chi connectivity index (χ3n) is 2.80. The van der Waals surface area contributed by atoms with Gasteiger partial charge >= 0.3 is 12.6 Å². The van der Waals surface area contributed by atoms with Crippen molar-refractivity contribution in [3.63, 3.8) is 0 Å². The van der Waals surface area contributed by atoms with E-state index in [0.29, 0.717) is 5.70 Å². The number of nitrogens with one attached hydrogen (secondary N) is 1. The summed E-state index contributed by atoms with van der Waals surface area (Å²) in [6, 6.07) is 0.466. The van der Waals surface area contributed by atoms with Crippen molar-refractivity contribution < 1.29 is 23.0 Å². The number of pyridine rings is 1. The first-order valence-electron chi connectivity index (χ1n) is 5.82. The molecule has 2 heterocycles. The number of aromatic nitrogens is 1. The molecular weight excluding hydrogens is 308 g/mol. The van der Waals surface area contributed by atoms with Gasteiger partial charge in [0.25, 0.3) is 0 Å². The van der Waals surface area contributed by atoms with Crippen LogP contribution < -0.4 is 10.2 Å². The van der Waals surface area contributed by atoms with Gasteiger partial charge in [-0.05, 0) is 6.08 Å². The zero-order chi connectivity index (χ0) is 15.6. The highest BCUT2D eigenvalue weighted by atomic mass is 35.5. The lowest BCUT2D eigenvalue weighted by Crippen LogP contribution is -2.39. The number of rotatable bonds is 4. The molecule has 1 aromatic heterocycles. The minimum Gasteiger partial charge on any atom is -0.468 e. The van der Waals surface area contributed by atoms with Crippen molar-refractivity contribution >= 4 is 23.3 Å². The van der Waals surface area contributed by atoms with Crippen molar-refractivity contribution in [2.75, 3.05) is 14.2 Å². The second kappa shape index (κ2) is 6.23. The summed E-state index contributed by atoms with van der Waals surface area (Å²) in [6.45, 7) is -3.00. The third kappa shape index (κ3) is 3.40. The monoisotopic (exact) mass is 319 g/mol. The Morgan fingerprint density at radius 3 is 2.90 bits per heavy atom. The topological polar surface area (TPSA) is 63.7 Å². The van der Waals surface area contributed by atoms with Gasteiger partial charge in [-0.15, -0.1) is 0 Å². The zero-order valence-corrected chi connectivity index (χ0v) is 11.9. The Labute approximate surface area is 124 Å². The number of hydrogen-bond acceptors (Lipinski definition) is 6. The Kier molecular flexibility index (Phi) is 4.59. The summed E-state index contributed by atoms with van der Waals surface area (Å²) < 4.78 is 34.0. The van der Waals surface area contributed by atoms with Crippen LogP contribution in [0.1, 0.15) is 5.56 Å². The molecule has 1 aliphatic heterocycles. The first-order valence-corrected chi connectivity index (χ1v) is 6.20. The number of ether oxygens (including phenoxy) is 2. The summed E-state index contributed by atoms with van der Waals surface area (Å²) in [6.07, 6.45) is 2.82. The minimum atomic E-state index is -3.00. The van der Waals surface area contributed by atoms with Crippen LogP contribution in [0.15, 0.2) is 18.3 Å².